The highest BCUT2D eigenvalue weighted by Crippen LogP contribution is 2.30. The van der Waals surface area contributed by atoms with Crippen molar-refractivity contribution in [2.24, 2.45) is 0 Å². The van der Waals surface area contributed by atoms with Gasteiger partial charge < -0.3 is 9.94 Å². The Morgan fingerprint density at radius 3 is 2.76 bits per heavy atom. The molecule has 90 valence electrons. The van der Waals surface area contributed by atoms with Gasteiger partial charge in [0.25, 0.3) is 0 Å². The molecule has 0 fully saturated rings. The van der Waals surface area contributed by atoms with E-state index in [1.54, 1.807) is 18.2 Å². The maximum absolute atomic E-state index is 9.93. The van der Waals surface area contributed by atoms with Gasteiger partial charge in [0, 0.05) is 17.1 Å². The first-order chi connectivity index (χ1) is 8.11. The predicted molar refractivity (Wildman–Crippen MR) is 71.8 cm³/mol. The number of fused-ring (bicyclic) bond motifs is 1. The van der Waals surface area contributed by atoms with Crippen molar-refractivity contribution in [3.8, 4) is 5.75 Å². The zero-order valence-corrected chi connectivity index (χ0v) is 11.4. The second-order valence-corrected chi connectivity index (χ2v) is 4.81. The van der Waals surface area contributed by atoms with Gasteiger partial charge in [-0.05, 0) is 29.0 Å². The van der Waals surface area contributed by atoms with Gasteiger partial charge >= 0.3 is 0 Å². The van der Waals surface area contributed by atoms with Crippen molar-refractivity contribution in [3.05, 3.63) is 40.4 Å². The summed E-state index contributed by atoms with van der Waals surface area (Å²) >= 11 is 3.44. The minimum atomic E-state index is 0.295. The highest BCUT2D eigenvalue weighted by Gasteiger charge is 2.09. The number of rotatable bonds is 3. The van der Waals surface area contributed by atoms with E-state index in [9.17, 15) is 5.11 Å². The van der Waals surface area contributed by atoms with Crippen LogP contribution >= 0.6 is 15.9 Å². The molecule has 0 aliphatic rings. The summed E-state index contributed by atoms with van der Waals surface area (Å²) in [5.74, 6) is 0.295. The van der Waals surface area contributed by atoms with Crippen LogP contribution in [0.3, 0.4) is 0 Å². The molecule has 2 rings (SSSR count). The Kier molecular flexibility index (Phi) is 3.66. The Morgan fingerprint density at radius 1 is 1.29 bits per heavy atom. The number of hydrogen-bond acceptors (Lipinski definition) is 3. The molecule has 0 saturated heterocycles. The average molecular weight is 296 g/mol. The molecule has 2 aromatic carbocycles. The fraction of sp³-hybridized carbons (Fsp3) is 0.231. The molecule has 2 aromatic rings. The number of phenols is 1. The molecule has 0 heterocycles. The number of nitrogens with zero attached hydrogens (tertiary/aromatic N) is 1. The van der Waals surface area contributed by atoms with Gasteiger partial charge in [0.2, 0.25) is 0 Å². The summed E-state index contributed by atoms with van der Waals surface area (Å²) in [6.45, 7) is 0.543. The lowest BCUT2D eigenvalue weighted by atomic mass is 10.0. The van der Waals surface area contributed by atoms with Gasteiger partial charge in [-0.1, -0.05) is 28.1 Å². The van der Waals surface area contributed by atoms with E-state index in [-0.39, 0.29) is 0 Å². The number of halogens is 1. The van der Waals surface area contributed by atoms with E-state index >= 15 is 0 Å². The molecule has 0 aliphatic carbocycles. The van der Waals surface area contributed by atoms with Crippen molar-refractivity contribution in [2.75, 3.05) is 14.2 Å². The van der Waals surface area contributed by atoms with E-state index in [4.69, 9.17) is 4.84 Å². The zero-order chi connectivity index (χ0) is 12.4. The second kappa shape index (κ2) is 5.04. The van der Waals surface area contributed by atoms with Gasteiger partial charge in [0.05, 0.1) is 13.7 Å². The van der Waals surface area contributed by atoms with Crippen LogP contribution in [-0.4, -0.2) is 24.3 Å². The maximum Gasteiger partial charge on any atom is 0.120 e. The third kappa shape index (κ3) is 2.60. The summed E-state index contributed by atoms with van der Waals surface area (Å²) < 4.78 is 1.03. The number of phenolic OH excluding ortho intramolecular Hbond substituents is 1. The van der Waals surface area contributed by atoms with Crippen LogP contribution in [0.4, 0.5) is 0 Å². The molecule has 1 N–H and O–H groups in total. The van der Waals surface area contributed by atoms with E-state index in [1.165, 1.54) is 0 Å². The molecule has 0 unspecified atom stereocenters. The van der Waals surface area contributed by atoms with Gasteiger partial charge in [-0.15, -0.1) is 0 Å². The zero-order valence-electron chi connectivity index (χ0n) is 9.77. The van der Waals surface area contributed by atoms with Crippen LogP contribution in [0.25, 0.3) is 10.8 Å². The normalized spacial score (nSPS) is 11.3. The van der Waals surface area contributed by atoms with Gasteiger partial charge in [-0.3, -0.25) is 0 Å². The fourth-order valence-electron chi connectivity index (χ4n) is 1.81. The van der Waals surface area contributed by atoms with Crippen molar-refractivity contribution in [1.82, 2.24) is 5.06 Å². The van der Waals surface area contributed by atoms with Crippen molar-refractivity contribution < 1.29 is 9.94 Å². The summed E-state index contributed by atoms with van der Waals surface area (Å²) in [6, 6.07) is 9.63. The summed E-state index contributed by atoms with van der Waals surface area (Å²) in [4.78, 5) is 5.09. The van der Waals surface area contributed by atoms with E-state index in [1.807, 2.05) is 31.3 Å². The van der Waals surface area contributed by atoms with Crippen LogP contribution in [0.5, 0.6) is 5.75 Å². The molecule has 17 heavy (non-hydrogen) atoms. The molecule has 0 saturated carbocycles. The molecule has 0 aromatic heterocycles. The molecular formula is C13H14BrNO2. The highest BCUT2D eigenvalue weighted by atomic mass is 79.9. The number of hydrogen-bond donors (Lipinski definition) is 1. The van der Waals surface area contributed by atoms with Crippen molar-refractivity contribution in [1.29, 1.82) is 0 Å². The van der Waals surface area contributed by atoms with E-state index < -0.39 is 0 Å². The molecule has 0 atom stereocenters. The summed E-state index contributed by atoms with van der Waals surface area (Å²) in [5, 5.41) is 13.7. The Labute approximate surface area is 109 Å². The average Bonchev–Trinajstić information content (AvgIpc) is 2.32. The van der Waals surface area contributed by atoms with Crippen molar-refractivity contribution in [3.63, 3.8) is 0 Å². The van der Waals surface area contributed by atoms with Crippen molar-refractivity contribution >= 4 is 26.7 Å². The van der Waals surface area contributed by atoms with Gasteiger partial charge in [0.1, 0.15) is 5.75 Å². The fourth-order valence-corrected chi connectivity index (χ4v) is 2.19. The number of benzene rings is 2. The summed E-state index contributed by atoms with van der Waals surface area (Å²) in [5.41, 5.74) is 0.874. The Morgan fingerprint density at radius 2 is 2.06 bits per heavy atom. The van der Waals surface area contributed by atoms with Gasteiger partial charge in [-0.25, -0.2) is 0 Å². The molecule has 4 heteroatoms. The van der Waals surface area contributed by atoms with Gasteiger partial charge in [0.15, 0.2) is 0 Å². The molecule has 0 radical (unpaired) electrons. The van der Waals surface area contributed by atoms with E-state index in [0.717, 1.165) is 20.8 Å². The Hall–Kier alpha value is -1.10. The largest absolute Gasteiger partial charge is 0.508 e. The third-order valence-corrected chi connectivity index (χ3v) is 3.25. The van der Waals surface area contributed by atoms with Crippen LogP contribution in [-0.2, 0) is 11.4 Å². The summed E-state index contributed by atoms with van der Waals surface area (Å²) in [7, 11) is 3.44. The predicted octanol–water partition coefficient (Wildman–Crippen LogP) is 3.30. The first kappa shape index (κ1) is 12.4. The van der Waals surface area contributed by atoms with Crippen LogP contribution in [0.1, 0.15) is 5.56 Å². The van der Waals surface area contributed by atoms with Crippen LogP contribution in [0, 0.1) is 0 Å². The minimum Gasteiger partial charge on any atom is -0.508 e. The van der Waals surface area contributed by atoms with E-state index in [2.05, 4.69) is 15.9 Å². The quantitative estimate of drug-likeness (QED) is 0.882. The third-order valence-electron chi connectivity index (χ3n) is 2.76. The molecule has 0 bridgehead atoms. The Balaban J connectivity index is 2.55. The first-order valence-corrected chi connectivity index (χ1v) is 6.06. The second-order valence-electron chi connectivity index (χ2n) is 3.90. The number of hydroxylamine groups is 2. The maximum atomic E-state index is 9.93. The molecule has 3 nitrogen and oxygen atoms in total. The molecule has 0 amide bonds. The Bertz CT molecular complexity index is 542. The first-order valence-electron chi connectivity index (χ1n) is 5.27. The van der Waals surface area contributed by atoms with Crippen molar-refractivity contribution in [2.45, 2.75) is 6.54 Å². The van der Waals surface area contributed by atoms with E-state index in [0.29, 0.717) is 12.3 Å². The molecule has 0 aliphatic heterocycles. The van der Waals surface area contributed by atoms with Gasteiger partial charge in [-0.2, -0.15) is 5.06 Å². The van der Waals surface area contributed by atoms with Crippen LogP contribution < -0.4 is 0 Å². The summed E-state index contributed by atoms with van der Waals surface area (Å²) in [6.07, 6.45) is 0. The molecular weight excluding hydrogens is 282 g/mol. The highest BCUT2D eigenvalue weighted by molar-refractivity contribution is 9.10. The topological polar surface area (TPSA) is 32.7 Å². The SMILES string of the molecule is CON(C)Cc1c(O)ccc2cc(Br)ccc12. The van der Waals surface area contributed by atoms with Crippen LogP contribution in [0.2, 0.25) is 0 Å². The smallest absolute Gasteiger partial charge is 0.120 e. The lowest BCUT2D eigenvalue weighted by Gasteiger charge is -2.16. The number of aromatic hydroxyl groups is 1. The lowest BCUT2D eigenvalue weighted by Crippen LogP contribution is -2.16. The standard InChI is InChI=1S/C13H14BrNO2/c1-15(17-2)8-12-11-5-4-10(14)7-9(11)3-6-13(12)16/h3-7,16H,8H2,1-2H3. The molecule has 0 spiro atoms. The monoisotopic (exact) mass is 295 g/mol. The lowest BCUT2D eigenvalue weighted by molar-refractivity contribution is -0.116. The minimum absolute atomic E-state index is 0.295. The van der Waals surface area contributed by atoms with Crippen LogP contribution in [0.15, 0.2) is 34.8 Å².